The molecule has 0 bridgehead atoms. The average Bonchev–Trinajstić information content (AvgIpc) is 3.36. The van der Waals surface area contributed by atoms with E-state index in [9.17, 15) is 9.59 Å². The summed E-state index contributed by atoms with van der Waals surface area (Å²) in [6.45, 7) is 1.12. The Morgan fingerprint density at radius 3 is 2.82 bits per heavy atom. The lowest BCUT2D eigenvalue weighted by Gasteiger charge is -2.26. The monoisotopic (exact) mass is 424 g/mol. The first-order chi connectivity index (χ1) is 13.5. The maximum Gasteiger partial charge on any atom is 0.327 e. The zero-order valence-corrected chi connectivity index (χ0v) is 17.3. The minimum atomic E-state index is -0.849. The van der Waals surface area contributed by atoms with E-state index in [0.29, 0.717) is 35.7 Å². The van der Waals surface area contributed by atoms with E-state index in [4.69, 9.17) is 9.84 Å². The number of aliphatic carboxylic acids is 1. The number of carboxylic acid groups (broad SMARTS) is 1. The molecule has 2 amide bonds. The van der Waals surface area contributed by atoms with Crippen LogP contribution in [0.25, 0.3) is 0 Å². The molecule has 152 valence electrons. The summed E-state index contributed by atoms with van der Waals surface area (Å²) in [7, 11) is 1.55. The predicted molar refractivity (Wildman–Crippen MR) is 112 cm³/mol. The van der Waals surface area contributed by atoms with Crippen LogP contribution in [0.1, 0.15) is 25.7 Å². The van der Waals surface area contributed by atoms with E-state index < -0.39 is 5.97 Å². The maximum absolute atomic E-state index is 13.0. The van der Waals surface area contributed by atoms with Crippen LogP contribution < -0.4 is 15.0 Å². The van der Waals surface area contributed by atoms with Crippen LogP contribution in [0.5, 0.6) is 5.88 Å². The molecule has 1 saturated carbocycles. The highest BCUT2D eigenvalue weighted by atomic mass is 32.2. The quantitative estimate of drug-likeness (QED) is 0.693. The fourth-order valence-electron chi connectivity index (χ4n) is 3.25. The van der Waals surface area contributed by atoms with Gasteiger partial charge in [0.1, 0.15) is 0 Å². The van der Waals surface area contributed by atoms with Crippen LogP contribution >= 0.6 is 23.5 Å². The van der Waals surface area contributed by atoms with Gasteiger partial charge in [-0.25, -0.2) is 9.78 Å². The van der Waals surface area contributed by atoms with E-state index in [-0.39, 0.29) is 16.4 Å². The number of amides is 2. The van der Waals surface area contributed by atoms with Crippen molar-refractivity contribution in [3.05, 3.63) is 18.3 Å². The Morgan fingerprint density at radius 2 is 2.18 bits per heavy atom. The van der Waals surface area contributed by atoms with Gasteiger partial charge >= 0.3 is 12.0 Å². The summed E-state index contributed by atoms with van der Waals surface area (Å²) in [5.41, 5.74) is 0.714. The van der Waals surface area contributed by atoms with E-state index in [1.54, 1.807) is 24.3 Å². The Morgan fingerprint density at radius 1 is 1.39 bits per heavy atom. The van der Waals surface area contributed by atoms with Crippen molar-refractivity contribution in [2.75, 3.05) is 30.9 Å². The van der Waals surface area contributed by atoms with E-state index in [1.165, 1.54) is 36.4 Å². The molecule has 1 atom stereocenters. The summed E-state index contributed by atoms with van der Waals surface area (Å²) >= 11 is 2.72. The number of nitrogens with one attached hydrogen (secondary N) is 1. The Bertz CT molecular complexity index is 723. The van der Waals surface area contributed by atoms with Gasteiger partial charge in [0.2, 0.25) is 5.88 Å². The number of urea groups is 1. The highest BCUT2D eigenvalue weighted by Gasteiger charge is 2.27. The number of amidine groups is 1. The lowest BCUT2D eigenvalue weighted by atomic mass is 10.1. The first kappa shape index (κ1) is 20.8. The molecule has 1 aliphatic carbocycles. The number of thioether (sulfide) groups is 2. The van der Waals surface area contributed by atoms with Crippen LogP contribution in [0.2, 0.25) is 0 Å². The van der Waals surface area contributed by atoms with E-state index in [0.717, 1.165) is 12.8 Å². The summed E-state index contributed by atoms with van der Waals surface area (Å²) in [6.07, 6.45) is 6.29. The van der Waals surface area contributed by atoms with Crippen LogP contribution in [0, 0.1) is 5.92 Å². The lowest BCUT2D eigenvalue weighted by Crippen LogP contribution is -2.44. The van der Waals surface area contributed by atoms with E-state index in [1.807, 2.05) is 6.07 Å². The number of methoxy groups -OCH3 is 1. The van der Waals surface area contributed by atoms with E-state index in [2.05, 4.69) is 15.3 Å². The van der Waals surface area contributed by atoms with Crippen molar-refractivity contribution in [1.29, 1.82) is 0 Å². The van der Waals surface area contributed by atoms with Gasteiger partial charge in [-0.2, -0.15) is 0 Å². The zero-order chi connectivity index (χ0) is 19.9. The van der Waals surface area contributed by atoms with Crippen molar-refractivity contribution in [3.8, 4) is 5.88 Å². The maximum atomic E-state index is 13.0. The number of carbonyl (C=O) groups excluding carboxylic acids is 1. The summed E-state index contributed by atoms with van der Waals surface area (Å²) in [6, 6.07) is 3.33. The summed E-state index contributed by atoms with van der Waals surface area (Å²) < 4.78 is 5.12. The Balaban J connectivity index is 1.63. The summed E-state index contributed by atoms with van der Waals surface area (Å²) in [4.78, 5) is 34.0. The first-order valence-corrected chi connectivity index (χ1v) is 11.1. The van der Waals surface area contributed by atoms with Crippen LogP contribution in [-0.2, 0) is 4.79 Å². The van der Waals surface area contributed by atoms with Crippen LogP contribution in [-0.4, -0.2) is 57.8 Å². The number of hydrogen-bond acceptors (Lipinski definition) is 7. The summed E-state index contributed by atoms with van der Waals surface area (Å²) in [5.74, 6) is 0.154. The van der Waals surface area contributed by atoms with Gasteiger partial charge in [-0.15, -0.1) is 11.8 Å². The molecule has 10 heteroatoms. The highest BCUT2D eigenvalue weighted by Crippen LogP contribution is 2.30. The first-order valence-electron chi connectivity index (χ1n) is 9.18. The van der Waals surface area contributed by atoms with Crippen molar-refractivity contribution in [2.45, 2.75) is 30.3 Å². The van der Waals surface area contributed by atoms with Gasteiger partial charge < -0.3 is 9.84 Å². The molecule has 1 fully saturated rings. The van der Waals surface area contributed by atoms with Crippen LogP contribution in [0.15, 0.2) is 23.3 Å². The van der Waals surface area contributed by atoms with Gasteiger partial charge in [-0.3, -0.25) is 20.0 Å². The number of carbonyl (C=O) groups is 2. The normalized spacial score (nSPS) is 19.3. The molecule has 1 aliphatic heterocycles. The van der Waals surface area contributed by atoms with Crippen molar-refractivity contribution >= 4 is 46.4 Å². The second-order valence-electron chi connectivity index (χ2n) is 6.65. The third-order valence-corrected chi connectivity index (χ3v) is 7.13. The fraction of sp³-hybridized carbons (Fsp3) is 0.556. The molecule has 2 N–H and O–H groups in total. The second-order valence-corrected chi connectivity index (χ2v) is 9.33. The third kappa shape index (κ3) is 5.78. The number of hydrogen-bond donors (Lipinski definition) is 2. The Kier molecular flexibility index (Phi) is 7.43. The number of aliphatic imine (C=N–C) groups is 1. The fourth-order valence-corrected chi connectivity index (χ4v) is 5.20. The molecule has 0 aromatic carbocycles. The SMILES string of the molecule is COc1ccc(N(CC2CCCC2)C(=O)NC2=NCC(SCC(=O)O)S2)cn1. The number of ether oxygens (including phenoxy) is 1. The molecule has 1 aromatic heterocycles. The third-order valence-electron chi connectivity index (χ3n) is 4.64. The van der Waals surface area contributed by atoms with Crippen molar-refractivity contribution < 1.29 is 19.4 Å². The Hall–Kier alpha value is -1.94. The molecule has 0 spiro atoms. The number of carboxylic acids is 1. The van der Waals surface area contributed by atoms with Gasteiger partial charge in [0.25, 0.3) is 0 Å². The molecule has 1 aromatic rings. The Labute approximate surface area is 172 Å². The van der Waals surface area contributed by atoms with Crippen molar-refractivity contribution in [3.63, 3.8) is 0 Å². The number of pyridine rings is 1. The van der Waals surface area contributed by atoms with Crippen LogP contribution in [0.3, 0.4) is 0 Å². The number of aromatic nitrogens is 1. The van der Waals surface area contributed by atoms with Crippen molar-refractivity contribution in [2.24, 2.45) is 10.9 Å². The van der Waals surface area contributed by atoms with Crippen molar-refractivity contribution in [1.82, 2.24) is 10.3 Å². The topological polar surface area (TPSA) is 104 Å². The largest absolute Gasteiger partial charge is 0.481 e. The molecule has 2 heterocycles. The molecular formula is C18H24N4O4S2. The smallest absolute Gasteiger partial charge is 0.327 e. The lowest BCUT2D eigenvalue weighted by molar-refractivity contribution is -0.133. The number of nitrogens with zero attached hydrogens (tertiary/aromatic N) is 3. The standard InChI is InChI=1S/C18H24N4O4S2/c1-26-14-7-6-13(8-19-14)22(10-12-4-2-3-5-12)18(25)21-17-20-9-16(28-17)27-11-15(23)24/h6-8,12,16H,2-5,9-11H2,1H3,(H,23,24)(H,20,21,25). The minimum absolute atomic E-state index is 0.0114. The van der Waals surface area contributed by atoms with Gasteiger partial charge in [0.05, 0.1) is 35.9 Å². The predicted octanol–water partition coefficient (Wildman–Crippen LogP) is 3.04. The average molecular weight is 425 g/mol. The molecule has 1 unspecified atom stereocenters. The highest BCUT2D eigenvalue weighted by molar-refractivity contribution is 8.25. The van der Waals surface area contributed by atoms with E-state index >= 15 is 0 Å². The molecular weight excluding hydrogens is 400 g/mol. The molecule has 0 saturated heterocycles. The number of rotatable bonds is 7. The molecule has 0 radical (unpaired) electrons. The zero-order valence-electron chi connectivity index (χ0n) is 15.7. The van der Waals surface area contributed by atoms with Crippen LogP contribution in [0.4, 0.5) is 10.5 Å². The molecule has 3 rings (SSSR count). The van der Waals surface area contributed by atoms with Gasteiger partial charge in [0.15, 0.2) is 5.17 Å². The van der Waals surface area contributed by atoms with Gasteiger partial charge in [-0.05, 0) is 24.8 Å². The number of anilines is 1. The molecule has 2 aliphatic rings. The van der Waals surface area contributed by atoms with Gasteiger partial charge in [-0.1, -0.05) is 24.6 Å². The second kappa shape index (κ2) is 10.0. The molecule has 28 heavy (non-hydrogen) atoms. The summed E-state index contributed by atoms with van der Waals surface area (Å²) in [5, 5.41) is 12.2. The molecule has 8 nitrogen and oxygen atoms in total. The minimum Gasteiger partial charge on any atom is -0.481 e. The van der Waals surface area contributed by atoms with Gasteiger partial charge in [0, 0.05) is 12.6 Å².